The minimum Gasteiger partial charge on any atom is -0.469 e. The fourth-order valence-electron chi connectivity index (χ4n) is 2.59. The summed E-state index contributed by atoms with van der Waals surface area (Å²) in [5.74, 6) is 0.280. The van der Waals surface area contributed by atoms with Gasteiger partial charge in [-0.3, -0.25) is 5.32 Å². The zero-order chi connectivity index (χ0) is 18.9. The molecule has 26 heavy (non-hydrogen) atoms. The molecule has 0 spiro atoms. The first-order chi connectivity index (χ1) is 12.3. The third kappa shape index (κ3) is 3.77. The lowest BCUT2D eigenvalue weighted by Gasteiger charge is -2.17. The van der Waals surface area contributed by atoms with Crippen molar-refractivity contribution >= 4 is 0 Å². The van der Waals surface area contributed by atoms with E-state index in [1.165, 1.54) is 31.2 Å². The Labute approximate surface area is 146 Å². The number of hydrogen-bond acceptors (Lipinski definition) is 5. The molecule has 0 fully saturated rings. The van der Waals surface area contributed by atoms with Gasteiger partial charge in [0.05, 0.1) is 11.6 Å². The van der Waals surface area contributed by atoms with Crippen molar-refractivity contribution in [3.8, 4) is 0 Å². The van der Waals surface area contributed by atoms with E-state index in [2.05, 4.69) is 15.5 Å². The number of aromatic nitrogens is 2. The molecule has 3 aromatic rings. The van der Waals surface area contributed by atoms with Gasteiger partial charge in [0.25, 0.3) is 0 Å². The molecule has 0 saturated carbocycles. The summed E-state index contributed by atoms with van der Waals surface area (Å²) in [7, 11) is 0. The van der Waals surface area contributed by atoms with E-state index in [9.17, 15) is 17.6 Å². The van der Waals surface area contributed by atoms with Gasteiger partial charge in [-0.1, -0.05) is 17.3 Å². The Morgan fingerprint density at radius 1 is 1.15 bits per heavy atom. The summed E-state index contributed by atoms with van der Waals surface area (Å²) in [6, 6.07) is 4.84. The van der Waals surface area contributed by atoms with Gasteiger partial charge >= 0.3 is 6.18 Å². The van der Waals surface area contributed by atoms with Gasteiger partial charge in [-0.15, -0.1) is 0 Å². The molecule has 0 aliphatic carbocycles. The molecule has 1 unspecified atom stereocenters. The van der Waals surface area contributed by atoms with E-state index in [1.807, 2.05) is 0 Å². The van der Waals surface area contributed by atoms with E-state index in [0.717, 1.165) is 0 Å². The Kier molecular flexibility index (Phi) is 4.82. The van der Waals surface area contributed by atoms with E-state index < -0.39 is 23.6 Å². The predicted molar refractivity (Wildman–Crippen MR) is 82.6 cm³/mol. The molecule has 138 valence electrons. The normalized spacial score (nSPS) is 13.2. The minimum absolute atomic E-state index is 0.00942. The van der Waals surface area contributed by atoms with Crippen LogP contribution in [0.2, 0.25) is 0 Å². The second-order valence-corrected chi connectivity index (χ2v) is 5.72. The predicted octanol–water partition coefficient (Wildman–Crippen LogP) is 4.32. The van der Waals surface area contributed by atoms with Gasteiger partial charge < -0.3 is 8.94 Å². The monoisotopic (exact) mass is 369 g/mol. The number of furan rings is 1. The van der Waals surface area contributed by atoms with Gasteiger partial charge in [-0.25, -0.2) is 4.39 Å². The van der Waals surface area contributed by atoms with Crippen LogP contribution in [-0.4, -0.2) is 10.1 Å². The summed E-state index contributed by atoms with van der Waals surface area (Å²) in [6.07, 6.45) is -3.83. The van der Waals surface area contributed by atoms with Crippen LogP contribution in [0, 0.1) is 19.7 Å². The molecule has 9 heteroatoms. The second kappa shape index (κ2) is 6.91. The Bertz CT molecular complexity index is 884. The minimum atomic E-state index is -4.52. The highest BCUT2D eigenvalue weighted by atomic mass is 19.4. The summed E-state index contributed by atoms with van der Waals surface area (Å²) >= 11 is 0. The third-order valence-electron chi connectivity index (χ3n) is 3.90. The van der Waals surface area contributed by atoms with Crippen LogP contribution in [0.15, 0.2) is 39.5 Å². The topological polar surface area (TPSA) is 64.1 Å². The maximum absolute atomic E-state index is 13.2. The van der Waals surface area contributed by atoms with Crippen LogP contribution < -0.4 is 5.32 Å². The van der Waals surface area contributed by atoms with Gasteiger partial charge in [0, 0.05) is 19.0 Å². The molecule has 0 aliphatic rings. The van der Waals surface area contributed by atoms with Crippen LogP contribution in [0.25, 0.3) is 0 Å². The maximum atomic E-state index is 13.2. The lowest BCUT2D eigenvalue weighted by molar-refractivity contribution is -0.138. The summed E-state index contributed by atoms with van der Waals surface area (Å²) in [6.45, 7) is 2.91. The van der Waals surface area contributed by atoms with Gasteiger partial charge in [-0.2, -0.15) is 18.2 Å². The maximum Gasteiger partial charge on any atom is 0.419 e. The first kappa shape index (κ1) is 18.1. The number of alkyl halides is 3. The van der Waals surface area contributed by atoms with Gasteiger partial charge in [-0.05, 0) is 24.6 Å². The fourth-order valence-corrected chi connectivity index (χ4v) is 2.59. The summed E-state index contributed by atoms with van der Waals surface area (Å²) < 4.78 is 62.4. The molecular weight excluding hydrogens is 354 g/mol. The van der Waals surface area contributed by atoms with Gasteiger partial charge in [0.1, 0.15) is 17.8 Å². The van der Waals surface area contributed by atoms with E-state index >= 15 is 0 Å². The molecule has 0 aliphatic heterocycles. The second-order valence-electron chi connectivity index (χ2n) is 5.72. The molecule has 0 amide bonds. The molecule has 0 bridgehead atoms. The van der Waals surface area contributed by atoms with Crippen molar-refractivity contribution in [3.05, 3.63) is 70.5 Å². The van der Waals surface area contributed by atoms with Crippen LogP contribution >= 0.6 is 0 Å². The molecule has 0 saturated heterocycles. The van der Waals surface area contributed by atoms with Crippen LogP contribution in [0.5, 0.6) is 0 Å². The first-order valence-electron chi connectivity index (χ1n) is 7.69. The fraction of sp³-hybridized carbons (Fsp3) is 0.294. The number of benzene rings is 1. The standard InChI is InChI=1S/C17H15F4N3O2/c1-9-13(14(8-25-9)17(19,20)21)7-22-15(16-23-10(2)26-24-16)11-3-5-12(18)6-4-11/h3-6,8,15,22H,7H2,1-2H3. The van der Waals surface area contributed by atoms with Crippen LogP contribution in [-0.2, 0) is 12.7 Å². The summed E-state index contributed by atoms with van der Waals surface area (Å²) in [5.41, 5.74) is -0.267. The van der Waals surface area contributed by atoms with Crippen molar-refractivity contribution in [1.29, 1.82) is 0 Å². The average molecular weight is 369 g/mol. The molecule has 0 radical (unpaired) electrons. The van der Waals surface area contributed by atoms with Crippen molar-refractivity contribution in [1.82, 2.24) is 15.5 Å². The quantitative estimate of drug-likeness (QED) is 0.679. The van der Waals surface area contributed by atoms with Crippen molar-refractivity contribution in [3.63, 3.8) is 0 Å². The SMILES string of the molecule is Cc1nc(C(NCc2c(C(F)(F)F)coc2C)c2ccc(F)cc2)no1. The van der Waals surface area contributed by atoms with Gasteiger partial charge in [0.15, 0.2) is 5.82 Å². The van der Waals surface area contributed by atoms with E-state index in [-0.39, 0.29) is 23.7 Å². The average Bonchev–Trinajstić information content (AvgIpc) is 3.15. The van der Waals surface area contributed by atoms with E-state index in [0.29, 0.717) is 17.7 Å². The number of aryl methyl sites for hydroxylation is 2. The van der Waals surface area contributed by atoms with Crippen LogP contribution in [0.3, 0.4) is 0 Å². The largest absolute Gasteiger partial charge is 0.469 e. The summed E-state index contributed by atoms with van der Waals surface area (Å²) in [4.78, 5) is 4.12. The molecule has 2 heterocycles. The number of halogens is 4. The van der Waals surface area contributed by atoms with Crippen molar-refractivity contribution in [2.24, 2.45) is 0 Å². The Morgan fingerprint density at radius 3 is 2.42 bits per heavy atom. The molecule has 5 nitrogen and oxygen atoms in total. The molecule has 3 rings (SSSR count). The number of nitrogens with zero attached hydrogens (tertiary/aromatic N) is 2. The lowest BCUT2D eigenvalue weighted by Crippen LogP contribution is -2.24. The lowest BCUT2D eigenvalue weighted by atomic mass is 10.0. The van der Waals surface area contributed by atoms with E-state index in [4.69, 9.17) is 8.94 Å². The highest BCUT2D eigenvalue weighted by molar-refractivity contribution is 5.31. The first-order valence-corrected chi connectivity index (χ1v) is 7.69. The van der Waals surface area contributed by atoms with Crippen molar-refractivity contribution in [2.45, 2.75) is 32.6 Å². The zero-order valence-corrected chi connectivity index (χ0v) is 13.9. The number of rotatable bonds is 5. The Balaban J connectivity index is 1.90. The molecule has 1 aromatic carbocycles. The molecule has 1 N–H and O–H groups in total. The molecular formula is C17H15F4N3O2. The Morgan fingerprint density at radius 2 is 1.85 bits per heavy atom. The smallest absolute Gasteiger partial charge is 0.419 e. The summed E-state index contributed by atoms with van der Waals surface area (Å²) in [5, 5.41) is 6.79. The van der Waals surface area contributed by atoms with Crippen molar-refractivity contribution in [2.75, 3.05) is 0 Å². The van der Waals surface area contributed by atoms with Crippen molar-refractivity contribution < 1.29 is 26.5 Å². The highest BCUT2D eigenvalue weighted by Gasteiger charge is 2.36. The number of hydrogen-bond donors (Lipinski definition) is 1. The number of nitrogens with one attached hydrogen (secondary N) is 1. The molecule has 1 atom stereocenters. The Hall–Kier alpha value is -2.68. The van der Waals surface area contributed by atoms with E-state index in [1.54, 1.807) is 6.92 Å². The van der Waals surface area contributed by atoms with Gasteiger partial charge in [0.2, 0.25) is 5.89 Å². The molecule has 2 aromatic heterocycles. The highest BCUT2D eigenvalue weighted by Crippen LogP contribution is 2.35. The third-order valence-corrected chi connectivity index (χ3v) is 3.90. The zero-order valence-electron chi connectivity index (χ0n) is 13.9. The van der Waals surface area contributed by atoms with Crippen LogP contribution in [0.1, 0.15) is 40.2 Å². The van der Waals surface area contributed by atoms with Crippen LogP contribution in [0.4, 0.5) is 17.6 Å².